The fraction of sp³-hybridized carbons (Fsp3) is 0.200. The van der Waals surface area contributed by atoms with Gasteiger partial charge in [0.25, 0.3) is 0 Å². The highest BCUT2D eigenvalue weighted by atomic mass is 16.3. The zero-order valence-electron chi connectivity index (χ0n) is 9.88. The number of benzene rings is 2. The first-order valence-electron chi connectivity index (χ1n) is 5.73. The monoisotopic (exact) mass is 227 g/mol. The second-order valence-electron chi connectivity index (χ2n) is 4.29. The molecule has 0 aliphatic rings. The van der Waals surface area contributed by atoms with E-state index >= 15 is 0 Å². The molecule has 0 fully saturated rings. The van der Waals surface area contributed by atoms with Gasteiger partial charge in [0.15, 0.2) is 0 Å². The van der Waals surface area contributed by atoms with Crippen LogP contribution in [0, 0.1) is 6.92 Å². The van der Waals surface area contributed by atoms with Gasteiger partial charge < -0.3 is 10.8 Å². The molecule has 0 spiro atoms. The van der Waals surface area contributed by atoms with Gasteiger partial charge >= 0.3 is 0 Å². The Bertz CT molecular complexity index is 464. The molecule has 2 unspecified atom stereocenters. The van der Waals surface area contributed by atoms with Gasteiger partial charge in [-0.1, -0.05) is 60.2 Å². The van der Waals surface area contributed by atoms with Gasteiger partial charge in [-0.15, -0.1) is 0 Å². The molecule has 0 aliphatic carbocycles. The number of hydrogen-bond donors (Lipinski definition) is 2. The molecule has 0 aromatic heterocycles. The fourth-order valence-electron chi connectivity index (χ4n) is 1.83. The zero-order valence-corrected chi connectivity index (χ0v) is 9.88. The van der Waals surface area contributed by atoms with Crippen LogP contribution < -0.4 is 5.73 Å². The molecule has 3 N–H and O–H groups in total. The van der Waals surface area contributed by atoms with Crippen molar-refractivity contribution in [2.24, 2.45) is 5.73 Å². The molecule has 2 atom stereocenters. The van der Waals surface area contributed by atoms with Crippen LogP contribution in [-0.2, 0) is 0 Å². The normalized spacial score (nSPS) is 14.3. The van der Waals surface area contributed by atoms with Crippen molar-refractivity contribution in [2.75, 3.05) is 0 Å². The molecule has 0 heterocycles. The van der Waals surface area contributed by atoms with E-state index < -0.39 is 12.1 Å². The Morgan fingerprint density at radius 1 is 0.882 bits per heavy atom. The molecule has 2 aromatic carbocycles. The average Bonchev–Trinajstić information content (AvgIpc) is 2.39. The zero-order chi connectivity index (χ0) is 12.3. The van der Waals surface area contributed by atoms with Crippen LogP contribution in [0.15, 0.2) is 54.6 Å². The van der Waals surface area contributed by atoms with Crippen LogP contribution in [-0.4, -0.2) is 5.11 Å². The molecule has 2 heteroatoms. The molecule has 0 bridgehead atoms. The van der Waals surface area contributed by atoms with Crippen LogP contribution in [0.25, 0.3) is 0 Å². The molecule has 17 heavy (non-hydrogen) atoms. The molecule has 88 valence electrons. The Morgan fingerprint density at radius 3 is 2.06 bits per heavy atom. The lowest BCUT2D eigenvalue weighted by Crippen LogP contribution is -2.19. The van der Waals surface area contributed by atoms with Crippen molar-refractivity contribution in [1.29, 1.82) is 0 Å². The summed E-state index contributed by atoms with van der Waals surface area (Å²) in [5.41, 5.74) is 9.06. The van der Waals surface area contributed by atoms with E-state index in [4.69, 9.17) is 5.73 Å². The minimum absolute atomic E-state index is 0.391. The van der Waals surface area contributed by atoms with Crippen LogP contribution in [0.3, 0.4) is 0 Å². The number of aryl methyl sites for hydroxylation is 1. The Labute approximate surface area is 102 Å². The summed E-state index contributed by atoms with van der Waals surface area (Å²) in [6.45, 7) is 2.03. The quantitative estimate of drug-likeness (QED) is 0.847. The van der Waals surface area contributed by atoms with E-state index in [2.05, 4.69) is 0 Å². The van der Waals surface area contributed by atoms with Crippen molar-refractivity contribution in [3.63, 3.8) is 0 Å². The maximum Gasteiger partial charge on any atom is 0.0982 e. The van der Waals surface area contributed by atoms with E-state index in [9.17, 15) is 5.11 Å². The summed E-state index contributed by atoms with van der Waals surface area (Å²) in [5.74, 6) is 0. The van der Waals surface area contributed by atoms with Crippen molar-refractivity contribution >= 4 is 0 Å². The molecule has 0 aliphatic heterocycles. The van der Waals surface area contributed by atoms with Gasteiger partial charge in [-0.05, 0) is 18.1 Å². The molecule has 0 radical (unpaired) electrons. The molecule has 0 amide bonds. The number of rotatable bonds is 3. The largest absolute Gasteiger partial charge is 0.386 e. The molecule has 0 saturated carbocycles. The van der Waals surface area contributed by atoms with Gasteiger partial charge in [0.2, 0.25) is 0 Å². The first kappa shape index (κ1) is 11.8. The lowest BCUT2D eigenvalue weighted by Gasteiger charge is -2.19. The van der Waals surface area contributed by atoms with Gasteiger partial charge in [0.1, 0.15) is 0 Å². The van der Waals surface area contributed by atoms with Crippen molar-refractivity contribution in [1.82, 2.24) is 0 Å². The molecule has 2 aromatic rings. The van der Waals surface area contributed by atoms with Gasteiger partial charge in [-0.3, -0.25) is 0 Å². The van der Waals surface area contributed by atoms with Crippen LogP contribution in [0.5, 0.6) is 0 Å². The maximum absolute atomic E-state index is 10.2. The third kappa shape index (κ3) is 2.73. The number of hydrogen-bond acceptors (Lipinski definition) is 2. The Hall–Kier alpha value is -1.64. The predicted molar refractivity (Wildman–Crippen MR) is 69.5 cm³/mol. The maximum atomic E-state index is 10.2. The lowest BCUT2D eigenvalue weighted by molar-refractivity contribution is 0.147. The highest BCUT2D eigenvalue weighted by Crippen LogP contribution is 2.26. The summed E-state index contributed by atoms with van der Waals surface area (Å²) >= 11 is 0. The highest BCUT2D eigenvalue weighted by Gasteiger charge is 2.17. The third-order valence-electron chi connectivity index (χ3n) is 2.94. The summed E-state index contributed by atoms with van der Waals surface area (Å²) in [5, 5.41) is 10.2. The van der Waals surface area contributed by atoms with E-state index in [0.717, 1.165) is 11.1 Å². The highest BCUT2D eigenvalue weighted by molar-refractivity contribution is 5.28. The molecule has 2 rings (SSSR count). The second kappa shape index (κ2) is 5.13. The summed E-state index contributed by atoms with van der Waals surface area (Å²) in [6.07, 6.45) is -0.668. The topological polar surface area (TPSA) is 46.2 Å². The van der Waals surface area contributed by atoms with Crippen molar-refractivity contribution in [2.45, 2.75) is 19.1 Å². The number of aliphatic hydroxyl groups excluding tert-OH is 1. The summed E-state index contributed by atoms with van der Waals surface area (Å²) in [7, 11) is 0. The van der Waals surface area contributed by atoms with Crippen LogP contribution in [0.1, 0.15) is 28.8 Å². The van der Waals surface area contributed by atoms with Crippen molar-refractivity contribution in [3.8, 4) is 0 Å². The van der Waals surface area contributed by atoms with Gasteiger partial charge in [-0.2, -0.15) is 0 Å². The predicted octanol–water partition coefficient (Wildman–Crippen LogP) is 2.73. The summed E-state index contributed by atoms with van der Waals surface area (Å²) in [4.78, 5) is 0. The SMILES string of the molecule is Cc1ccc(C(N)C(O)c2ccccc2)cc1. The molecular weight excluding hydrogens is 210 g/mol. The number of nitrogens with two attached hydrogens (primary N) is 1. The third-order valence-corrected chi connectivity index (χ3v) is 2.94. The second-order valence-corrected chi connectivity index (χ2v) is 4.29. The van der Waals surface area contributed by atoms with E-state index in [1.165, 1.54) is 5.56 Å². The lowest BCUT2D eigenvalue weighted by atomic mass is 9.96. The van der Waals surface area contributed by atoms with Gasteiger partial charge in [0.05, 0.1) is 12.1 Å². The Kier molecular flexibility index (Phi) is 3.57. The van der Waals surface area contributed by atoms with Crippen LogP contribution in [0.2, 0.25) is 0 Å². The molecule has 2 nitrogen and oxygen atoms in total. The Balaban J connectivity index is 2.20. The van der Waals surface area contributed by atoms with Crippen molar-refractivity contribution in [3.05, 3.63) is 71.3 Å². The minimum Gasteiger partial charge on any atom is -0.386 e. The standard InChI is InChI=1S/C15H17NO/c1-11-7-9-12(10-8-11)14(16)15(17)13-5-3-2-4-6-13/h2-10,14-15,17H,16H2,1H3. The number of aliphatic hydroxyl groups is 1. The average molecular weight is 227 g/mol. The minimum atomic E-state index is -0.668. The molecule has 0 saturated heterocycles. The van der Waals surface area contributed by atoms with E-state index in [1.54, 1.807) is 0 Å². The van der Waals surface area contributed by atoms with Crippen molar-refractivity contribution < 1.29 is 5.11 Å². The smallest absolute Gasteiger partial charge is 0.0982 e. The first-order chi connectivity index (χ1) is 8.18. The first-order valence-corrected chi connectivity index (χ1v) is 5.73. The summed E-state index contributed by atoms with van der Waals surface area (Å²) < 4.78 is 0. The fourth-order valence-corrected chi connectivity index (χ4v) is 1.83. The van der Waals surface area contributed by atoms with Gasteiger partial charge in [-0.25, -0.2) is 0 Å². The summed E-state index contributed by atoms with van der Waals surface area (Å²) in [6, 6.07) is 17.1. The van der Waals surface area contributed by atoms with Crippen LogP contribution in [0.4, 0.5) is 0 Å². The van der Waals surface area contributed by atoms with E-state index in [-0.39, 0.29) is 0 Å². The van der Waals surface area contributed by atoms with E-state index in [0.29, 0.717) is 0 Å². The Morgan fingerprint density at radius 2 is 1.47 bits per heavy atom. The van der Waals surface area contributed by atoms with E-state index in [1.807, 2.05) is 61.5 Å². The molecular formula is C15H17NO. The van der Waals surface area contributed by atoms with Crippen LogP contribution >= 0.6 is 0 Å². The van der Waals surface area contributed by atoms with Gasteiger partial charge in [0, 0.05) is 0 Å².